The van der Waals surface area contributed by atoms with Gasteiger partial charge >= 0.3 is 0 Å². The average molecular weight is 162 g/mol. The van der Waals surface area contributed by atoms with Crippen LogP contribution in [0.2, 0.25) is 0 Å². The fourth-order valence-corrected chi connectivity index (χ4v) is 1.27. The number of aldehydes is 1. The number of rotatable bonds is 3. The van der Waals surface area contributed by atoms with E-state index in [-0.39, 0.29) is 0 Å². The third-order valence-electron chi connectivity index (χ3n) is 2.03. The Bertz CT molecular complexity index is 290. The van der Waals surface area contributed by atoms with Crippen molar-refractivity contribution in [3.05, 3.63) is 35.4 Å². The number of epoxide rings is 1. The summed E-state index contributed by atoms with van der Waals surface area (Å²) in [5, 5.41) is 0. The van der Waals surface area contributed by atoms with Crippen LogP contribution in [-0.4, -0.2) is 19.0 Å². The van der Waals surface area contributed by atoms with Crippen LogP contribution >= 0.6 is 0 Å². The van der Waals surface area contributed by atoms with Gasteiger partial charge in [-0.15, -0.1) is 0 Å². The second-order valence-corrected chi connectivity index (χ2v) is 2.98. The molecule has 2 heteroatoms. The quantitative estimate of drug-likeness (QED) is 0.497. The summed E-state index contributed by atoms with van der Waals surface area (Å²) in [4.78, 5) is 10.6. The van der Waals surface area contributed by atoms with Gasteiger partial charge < -0.3 is 4.74 Å². The van der Waals surface area contributed by atoms with E-state index >= 15 is 0 Å². The molecule has 12 heavy (non-hydrogen) atoms. The molecule has 62 valence electrons. The van der Waals surface area contributed by atoms with Gasteiger partial charge in [-0.1, -0.05) is 24.3 Å². The van der Waals surface area contributed by atoms with E-state index in [0.717, 1.165) is 30.4 Å². The fourth-order valence-electron chi connectivity index (χ4n) is 1.27. The van der Waals surface area contributed by atoms with Crippen molar-refractivity contribution in [2.75, 3.05) is 6.61 Å². The molecule has 1 saturated heterocycles. The summed E-state index contributed by atoms with van der Waals surface area (Å²) in [5.74, 6) is 0. The Labute approximate surface area is 71.2 Å². The van der Waals surface area contributed by atoms with Crippen LogP contribution in [0, 0.1) is 0 Å². The van der Waals surface area contributed by atoms with E-state index in [2.05, 4.69) is 0 Å². The lowest BCUT2D eigenvalue weighted by molar-refractivity contribution is 0.112. The van der Waals surface area contributed by atoms with Gasteiger partial charge in [-0.2, -0.15) is 0 Å². The summed E-state index contributed by atoms with van der Waals surface area (Å²) in [5.41, 5.74) is 1.88. The standard InChI is InChI=1S/C10H10O2/c11-6-9-4-2-1-3-8(9)5-10-7-12-10/h1-4,6,10H,5,7H2. The summed E-state index contributed by atoms with van der Waals surface area (Å²) in [6.07, 6.45) is 2.12. The van der Waals surface area contributed by atoms with E-state index in [1.54, 1.807) is 0 Å². The maximum Gasteiger partial charge on any atom is 0.150 e. The Kier molecular flexibility index (Phi) is 1.92. The van der Waals surface area contributed by atoms with Gasteiger partial charge in [0, 0.05) is 12.0 Å². The number of hydrogen-bond acceptors (Lipinski definition) is 2. The summed E-state index contributed by atoms with van der Waals surface area (Å²) >= 11 is 0. The molecule has 0 N–H and O–H groups in total. The number of hydrogen-bond donors (Lipinski definition) is 0. The highest BCUT2D eigenvalue weighted by atomic mass is 16.6. The summed E-state index contributed by atoms with van der Waals surface area (Å²) < 4.78 is 5.10. The lowest BCUT2D eigenvalue weighted by Gasteiger charge is -2.00. The topological polar surface area (TPSA) is 29.6 Å². The Morgan fingerprint density at radius 2 is 2.25 bits per heavy atom. The number of carbonyl (C=O) groups excluding carboxylic acids is 1. The molecule has 2 rings (SSSR count). The lowest BCUT2D eigenvalue weighted by Crippen LogP contribution is -1.97. The molecule has 0 aromatic heterocycles. The lowest BCUT2D eigenvalue weighted by atomic mass is 10.0. The van der Waals surface area contributed by atoms with Crippen molar-refractivity contribution in [1.82, 2.24) is 0 Å². The van der Waals surface area contributed by atoms with Gasteiger partial charge in [-0.3, -0.25) is 4.79 Å². The molecule has 0 amide bonds. The van der Waals surface area contributed by atoms with E-state index in [4.69, 9.17) is 4.74 Å². The third-order valence-corrected chi connectivity index (χ3v) is 2.03. The molecule has 2 nitrogen and oxygen atoms in total. The average Bonchev–Trinajstić information content (AvgIpc) is 2.89. The third kappa shape index (κ3) is 1.53. The van der Waals surface area contributed by atoms with Gasteiger partial charge in [0.2, 0.25) is 0 Å². The molecule has 1 aliphatic heterocycles. The second kappa shape index (κ2) is 3.07. The van der Waals surface area contributed by atoms with Crippen molar-refractivity contribution in [3.8, 4) is 0 Å². The van der Waals surface area contributed by atoms with E-state index in [1.807, 2.05) is 24.3 Å². The van der Waals surface area contributed by atoms with Crippen molar-refractivity contribution >= 4 is 6.29 Å². The van der Waals surface area contributed by atoms with Gasteiger partial charge in [-0.05, 0) is 5.56 Å². The van der Waals surface area contributed by atoms with Crippen molar-refractivity contribution in [2.24, 2.45) is 0 Å². The predicted octanol–water partition coefficient (Wildman–Crippen LogP) is 1.44. The number of ether oxygens (including phenoxy) is 1. The minimum atomic E-state index is 0.353. The van der Waals surface area contributed by atoms with E-state index in [0.29, 0.717) is 6.10 Å². The molecular weight excluding hydrogens is 152 g/mol. The largest absolute Gasteiger partial charge is 0.373 e. The predicted molar refractivity (Wildman–Crippen MR) is 45.3 cm³/mol. The molecule has 1 atom stereocenters. The Balaban J connectivity index is 2.20. The van der Waals surface area contributed by atoms with E-state index < -0.39 is 0 Å². The maximum absolute atomic E-state index is 10.6. The van der Waals surface area contributed by atoms with E-state index in [1.165, 1.54) is 0 Å². The van der Waals surface area contributed by atoms with Crippen molar-refractivity contribution in [1.29, 1.82) is 0 Å². The minimum absolute atomic E-state index is 0.353. The van der Waals surface area contributed by atoms with Gasteiger partial charge in [0.05, 0.1) is 12.7 Å². The Hall–Kier alpha value is -1.15. The van der Waals surface area contributed by atoms with Gasteiger partial charge in [0.1, 0.15) is 6.29 Å². The van der Waals surface area contributed by atoms with Crippen LogP contribution in [0.4, 0.5) is 0 Å². The Morgan fingerprint density at radius 1 is 1.50 bits per heavy atom. The van der Waals surface area contributed by atoms with Crippen LogP contribution in [0.1, 0.15) is 15.9 Å². The zero-order chi connectivity index (χ0) is 8.39. The molecule has 0 bridgehead atoms. The Morgan fingerprint density at radius 3 is 2.92 bits per heavy atom. The van der Waals surface area contributed by atoms with Crippen LogP contribution < -0.4 is 0 Å². The molecule has 0 saturated carbocycles. The van der Waals surface area contributed by atoms with Crippen LogP contribution in [0.25, 0.3) is 0 Å². The first kappa shape index (κ1) is 7.50. The summed E-state index contributed by atoms with van der Waals surface area (Å²) in [6, 6.07) is 7.64. The van der Waals surface area contributed by atoms with Crippen molar-refractivity contribution in [3.63, 3.8) is 0 Å². The van der Waals surface area contributed by atoms with Crippen LogP contribution in [0.15, 0.2) is 24.3 Å². The maximum atomic E-state index is 10.6. The van der Waals surface area contributed by atoms with Crippen molar-refractivity contribution < 1.29 is 9.53 Å². The first-order valence-corrected chi connectivity index (χ1v) is 4.05. The van der Waals surface area contributed by atoms with Crippen LogP contribution in [0.3, 0.4) is 0 Å². The normalized spacial score (nSPS) is 20.5. The number of benzene rings is 1. The van der Waals surface area contributed by atoms with Gasteiger partial charge in [0.15, 0.2) is 0 Å². The highest BCUT2D eigenvalue weighted by Crippen LogP contribution is 2.17. The van der Waals surface area contributed by atoms with Crippen LogP contribution in [0.5, 0.6) is 0 Å². The fraction of sp³-hybridized carbons (Fsp3) is 0.300. The van der Waals surface area contributed by atoms with Gasteiger partial charge in [-0.25, -0.2) is 0 Å². The molecule has 1 aliphatic rings. The molecule has 1 aromatic rings. The molecule has 0 spiro atoms. The smallest absolute Gasteiger partial charge is 0.150 e. The van der Waals surface area contributed by atoms with E-state index in [9.17, 15) is 4.79 Å². The first-order valence-electron chi connectivity index (χ1n) is 4.05. The summed E-state index contributed by atoms with van der Waals surface area (Å²) in [6.45, 7) is 0.840. The second-order valence-electron chi connectivity index (χ2n) is 2.98. The minimum Gasteiger partial charge on any atom is -0.373 e. The zero-order valence-corrected chi connectivity index (χ0v) is 6.69. The molecular formula is C10H10O2. The first-order chi connectivity index (χ1) is 5.90. The summed E-state index contributed by atoms with van der Waals surface area (Å²) in [7, 11) is 0. The monoisotopic (exact) mass is 162 g/mol. The molecule has 1 heterocycles. The number of carbonyl (C=O) groups is 1. The molecule has 1 unspecified atom stereocenters. The molecule has 1 aromatic carbocycles. The SMILES string of the molecule is O=Cc1ccccc1CC1CO1. The molecule has 0 aliphatic carbocycles. The highest BCUT2D eigenvalue weighted by molar-refractivity contribution is 5.77. The molecule has 1 fully saturated rings. The van der Waals surface area contributed by atoms with Crippen molar-refractivity contribution in [2.45, 2.75) is 12.5 Å². The van der Waals surface area contributed by atoms with Gasteiger partial charge in [0.25, 0.3) is 0 Å². The highest BCUT2D eigenvalue weighted by Gasteiger charge is 2.23. The molecule has 0 radical (unpaired) electrons. The van der Waals surface area contributed by atoms with Crippen LogP contribution in [-0.2, 0) is 11.2 Å². The zero-order valence-electron chi connectivity index (χ0n) is 6.69.